The number of hydrogen-bond acceptors (Lipinski definition) is 3. The first kappa shape index (κ1) is 18.9. The van der Waals surface area contributed by atoms with Crippen LogP contribution in [0.5, 0.6) is 0 Å². The minimum absolute atomic E-state index is 0.0191. The van der Waals surface area contributed by atoms with E-state index in [9.17, 15) is 9.59 Å². The maximum Gasteiger partial charge on any atom is 0.234 e. The normalized spacial score (nSPS) is 17.0. The Balaban J connectivity index is 1.77. The van der Waals surface area contributed by atoms with Crippen molar-refractivity contribution in [2.45, 2.75) is 26.8 Å². The average Bonchev–Trinajstić information content (AvgIpc) is 2.55. The molecule has 24 heavy (non-hydrogen) atoms. The number of carbonyl (C=O) groups is 2. The highest BCUT2D eigenvalue weighted by atomic mass is 79.9. The summed E-state index contributed by atoms with van der Waals surface area (Å²) < 4.78 is 1.03. The van der Waals surface area contributed by atoms with E-state index in [1.165, 1.54) is 0 Å². The van der Waals surface area contributed by atoms with Gasteiger partial charge in [-0.3, -0.25) is 14.5 Å². The number of nitrogens with zero attached hydrogens (tertiary/aromatic N) is 2. The van der Waals surface area contributed by atoms with Crippen LogP contribution in [-0.4, -0.2) is 54.3 Å². The number of nitrogens with one attached hydrogen (secondary N) is 1. The van der Waals surface area contributed by atoms with Gasteiger partial charge in [-0.1, -0.05) is 41.9 Å². The number of rotatable bonds is 5. The Morgan fingerprint density at radius 2 is 1.67 bits per heavy atom. The number of halogens is 1. The predicted molar refractivity (Wildman–Crippen MR) is 98.6 cm³/mol. The second-order valence-corrected chi connectivity index (χ2v) is 7.51. The Bertz CT molecular complexity index is 566. The lowest BCUT2D eigenvalue weighted by atomic mass is 10.1. The summed E-state index contributed by atoms with van der Waals surface area (Å²) in [6.07, 6.45) is 0. The summed E-state index contributed by atoms with van der Waals surface area (Å²) in [5, 5.41) is 3.04. The van der Waals surface area contributed by atoms with Gasteiger partial charge in [-0.2, -0.15) is 0 Å². The van der Waals surface area contributed by atoms with Crippen molar-refractivity contribution in [1.29, 1.82) is 0 Å². The maximum absolute atomic E-state index is 12.2. The predicted octanol–water partition coefficient (Wildman–Crippen LogP) is 2.43. The molecule has 1 aliphatic heterocycles. The Morgan fingerprint density at radius 1 is 1.08 bits per heavy atom. The Hall–Kier alpha value is -1.40. The third kappa shape index (κ3) is 5.31. The highest BCUT2D eigenvalue weighted by Gasteiger charge is 2.24. The van der Waals surface area contributed by atoms with E-state index in [1.807, 2.05) is 49.9 Å². The second kappa shape index (κ2) is 8.62. The molecule has 0 saturated carbocycles. The van der Waals surface area contributed by atoms with E-state index in [1.54, 1.807) is 0 Å². The molecule has 2 rings (SSSR count). The van der Waals surface area contributed by atoms with Gasteiger partial charge in [-0.15, -0.1) is 0 Å². The molecule has 1 N–H and O–H groups in total. The van der Waals surface area contributed by atoms with Crippen molar-refractivity contribution in [2.75, 3.05) is 32.7 Å². The minimum Gasteiger partial charge on any atom is -0.348 e. The van der Waals surface area contributed by atoms with Crippen molar-refractivity contribution < 1.29 is 9.59 Å². The second-order valence-electron chi connectivity index (χ2n) is 6.60. The molecule has 132 valence electrons. The number of hydrogen-bond donors (Lipinski definition) is 1. The van der Waals surface area contributed by atoms with Gasteiger partial charge in [0.15, 0.2) is 0 Å². The fourth-order valence-electron chi connectivity index (χ4n) is 2.82. The number of amides is 2. The quantitative estimate of drug-likeness (QED) is 0.832. The van der Waals surface area contributed by atoms with Gasteiger partial charge >= 0.3 is 0 Å². The van der Waals surface area contributed by atoms with Crippen LogP contribution in [0.25, 0.3) is 0 Å². The van der Waals surface area contributed by atoms with E-state index in [2.05, 4.69) is 26.1 Å². The van der Waals surface area contributed by atoms with Gasteiger partial charge in [-0.05, 0) is 24.6 Å². The zero-order valence-electron chi connectivity index (χ0n) is 14.6. The largest absolute Gasteiger partial charge is 0.348 e. The summed E-state index contributed by atoms with van der Waals surface area (Å²) in [4.78, 5) is 28.2. The Kier molecular flexibility index (Phi) is 6.80. The van der Waals surface area contributed by atoms with Crippen LogP contribution in [0.15, 0.2) is 28.7 Å². The molecule has 1 unspecified atom stereocenters. The Morgan fingerprint density at radius 3 is 2.21 bits per heavy atom. The molecule has 1 saturated heterocycles. The van der Waals surface area contributed by atoms with Crippen molar-refractivity contribution in [3.8, 4) is 0 Å². The lowest BCUT2D eigenvalue weighted by Gasteiger charge is -2.35. The minimum atomic E-state index is -0.0191. The average molecular weight is 396 g/mol. The monoisotopic (exact) mass is 395 g/mol. The molecule has 1 atom stereocenters. The summed E-state index contributed by atoms with van der Waals surface area (Å²) >= 11 is 3.41. The van der Waals surface area contributed by atoms with E-state index in [0.717, 1.165) is 23.1 Å². The van der Waals surface area contributed by atoms with Crippen LogP contribution in [-0.2, 0) is 9.59 Å². The molecule has 6 heteroatoms. The molecule has 0 bridgehead atoms. The summed E-state index contributed by atoms with van der Waals surface area (Å²) in [6, 6.07) is 7.94. The summed E-state index contributed by atoms with van der Waals surface area (Å²) in [5.41, 5.74) is 1.08. The van der Waals surface area contributed by atoms with Gasteiger partial charge in [0.25, 0.3) is 0 Å². The number of piperazine rings is 1. The first-order valence-electron chi connectivity index (χ1n) is 8.42. The van der Waals surface area contributed by atoms with Gasteiger partial charge in [0.2, 0.25) is 11.8 Å². The molecule has 1 heterocycles. The maximum atomic E-state index is 12.2. The van der Waals surface area contributed by atoms with E-state index in [0.29, 0.717) is 19.6 Å². The first-order valence-corrected chi connectivity index (χ1v) is 9.22. The van der Waals surface area contributed by atoms with Gasteiger partial charge in [-0.25, -0.2) is 0 Å². The van der Waals surface area contributed by atoms with Crippen LogP contribution < -0.4 is 5.32 Å². The van der Waals surface area contributed by atoms with Crippen LogP contribution in [0.4, 0.5) is 0 Å². The highest BCUT2D eigenvalue weighted by molar-refractivity contribution is 9.10. The zero-order valence-corrected chi connectivity index (χ0v) is 16.2. The van der Waals surface area contributed by atoms with E-state index in [-0.39, 0.29) is 23.8 Å². The zero-order chi connectivity index (χ0) is 17.7. The van der Waals surface area contributed by atoms with Crippen molar-refractivity contribution in [1.82, 2.24) is 15.1 Å². The summed E-state index contributed by atoms with van der Waals surface area (Å²) in [7, 11) is 0. The molecular formula is C18H26BrN3O2. The fourth-order valence-corrected chi connectivity index (χ4v) is 3.08. The van der Waals surface area contributed by atoms with Gasteiger partial charge in [0.1, 0.15) is 0 Å². The molecule has 2 amide bonds. The van der Waals surface area contributed by atoms with Crippen LogP contribution >= 0.6 is 15.9 Å². The molecule has 0 radical (unpaired) electrons. The van der Waals surface area contributed by atoms with Gasteiger partial charge in [0.05, 0.1) is 12.6 Å². The smallest absolute Gasteiger partial charge is 0.234 e. The lowest BCUT2D eigenvalue weighted by molar-refractivity contribution is -0.136. The Labute approximate surface area is 152 Å². The molecular weight excluding hydrogens is 370 g/mol. The summed E-state index contributed by atoms with van der Waals surface area (Å²) in [5.74, 6) is 0.253. The van der Waals surface area contributed by atoms with Crippen LogP contribution in [0, 0.1) is 5.92 Å². The third-order valence-corrected chi connectivity index (χ3v) is 4.82. The van der Waals surface area contributed by atoms with Crippen molar-refractivity contribution in [3.05, 3.63) is 34.3 Å². The van der Waals surface area contributed by atoms with Crippen LogP contribution in [0.1, 0.15) is 32.4 Å². The standard InChI is InChI=1S/C18H26BrN3O2/c1-13(2)18(24)22-10-8-21(9-11-22)12-17(23)20-14(3)15-4-6-16(19)7-5-15/h4-7,13-14H,8-12H2,1-3H3,(H,20,23). The third-order valence-electron chi connectivity index (χ3n) is 4.29. The molecule has 1 aliphatic rings. The summed E-state index contributed by atoms with van der Waals surface area (Å²) in [6.45, 7) is 9.11. The van der Waals surface area contributed by atoms with Gasteiger partial charge < -0.3 is 10.2 Å². The molecule has 1 fully saturated rings. The van der Waals surface area contributed by atoms with Crippen molar-refractivity contribution in [3.63, 3.8) is 0 Å². The van der Waals surface area contributed by atoms with Crippen molar-refractivity contribution >= 4 is 27.7 Å². The molecule has 0 spiro atoms. The van der Waals surface area contributed by atoms with E-state index in [4.69, 9.17) is 0 Å². The van der Waals surface area contributed by atoms with Crippen LogP contribution in [0.3, 0.4) is 0 Å². The van der Waals surface area contributed by atoms with Gasteiger partial charge in [0, 0.05) is 36.6 Å². The first-order chi connectivity index (χ1) is 11.4. The van der Waals surface area contributed by atoms with E-state index < -0.39 is 0 Å². The highest BCUT2D eigenvalue weighted by Crippen LogP contribution is 2.16. The molecule has 1 aromatic carbocycles. The lowest BCUT2D eigenvalue weighted by Crippen LogP contribution is -2.52. The number of benzene rings is 1. The molecule has 0 aromatic heterocycles. The molecule has 1 aromatic rings. The fraction of sp³-hybridized carbons (Fsp3) is 0.556. The topological polar surface area (TPSA) is 52.7 Å². The SMILES string of the molecule is CC(C)C(=O)N1CCN(CC(=O)NC(C)c2ccc(Br)cc2)CC1. The molecule has 5 nitrogen and oxygen atoms in total. The van der Waals surface area contributed by atoms with Crippen LogP contribution in [0.2, 0.25) is 0 Å². The van der Waals surface area contributed by atoms with Crippen molar-refractivity contribution in [2.24, 2.45) is 5.92 Å². The molecule has 0 aliphatic carbocycles. The van der Waals surface area contributed by atoms with E-state index >= 15 is 0 Å². The number of carbonyl (C=O) groups excluding carboxylic acids is 2.